The van der Waals surface area contributed by atoms with E-state index < -0.39 is 0 Å². The predicted octanol–water partition coefficient (Wildman–Crippen LogP) is 3.96. The van der Waals surface area contributed by atoms with Gasteiger partial charge in [0.15, 0.2) is 0 Å². The van der Waals surface area contributed by atoms with E-state index in [0.717, 1.165) is 24.2 Å². The molecule has 1 aliphatic rings. The fourth-order valence-corrected chi connectivity index (χ4v) is 3.30. The molecule has 0 amide bonds. The van der Waals surface area contributed by atoms with Crippen LogP contribution in [0, 0.1) is 0 Å². The van der Waals surface area contributed by atoms with Crippen molar-refractivity contribution < 1.29 is 4.74 Å². The zero-order chi connectivity index (χ0) is 14.9. The molecule has 21 heavy (non-hydrogen) atoms. The third kappa shape index (κ3) is 5.61. The van der Waals surface area contributed by atoms with Crippen molar-refractivity contribution in [3.8, 4) is 0 Å². The second-order valence-electron chi connectivity index (χ2n) is 5.70. The Morgan fingerprint density at radius 3 is 2.57 bits per heavy atom. The highest BCUT2D eigenvalue weighted by Gasteiger charge is 2.13. The summed E-state index contributed by atoms with van der Waals surface area (Å²) in [6.45, 7) is 4.92. The Kier molecular flexibility index (Phi) is 7.54. The summed E-state index contributed by atoms with van der Waals surface area (Å²) in [6.07, 6.45) is 6.77. The van der Waals surface area contributed by atoms with Gasteiger partial charge in [-0.3, -0.25) is 0 Å². The second kappa shape index (κ2) is 9.44. The molecule has 3 nitrogen and oxygen atoms in total. The first-order valence-corrected chi connectivity index (χ1v) is 8.83. The van der Waals surface area contributed by atoms with Crippen LogP contribution in [0.15, 0.2) is 22.7 Å². The van der Waals surface area contributed by atoms with Crippen molar-refractivity contribution in [2.45, 2.75) is 38.6 Å². The molecule has 1 aliphatic heterocycles. The summed E-state index contributed by atoms with van der Waals surface area (Å²) in [7, 11) is 1.74. The number of methoxy groups -OCH3 is 1. The van der Waals surface area contributed by atoms with Gasteiger partial charge < -0.3 is 15.0 Å². The number of nitrogens with zero attached hydrogens (tertiary/aromatic N) is 1. The summed E-state index contributed by atoms with van der Waals surface area (Å²) in [5.74, 6) is 0. The van der Waals surface area contributed by atoms with Gasteiger partial charge in [-0.25, -0.2) is 0 Å². The highest BCUT2D eigenvalue weighted by atomic mass is 79.9. The van der Waals surface area contributed by atoms with E-state index >= 15 is 0 Å². The Balaban J connectivity index is 2.05. The normalized spacial score (nSPS) is 16.6. The average molecular weight is 355 g/mol. The molecule has 1 fully saturated rings. The number of ether oxygens (including phenoxy) is 1. The topological polar surface area (TPSA) is 24.5 Å². The van der Waals surface area contributed by atoms with Crippen molar-refractivity contribution in [1.29, 1.82) is 0 Å². The molecule has 2 rings (SSSR count). The smallest absolute Gasteiger partial charge is 0.0587 e. The van der Waals surface area contributed by atoms with Crippen LogP contribution in [0.25, 0.3) is 0 Å². The minimum atomic E-state index is 0.757. The first-order chi connectivity index (χ1) is 10.3. The van der Waals surface area contributed by atoms with Gasteiger partial charge >= 0.3 is 0 Å². The van der Waals surface area contributed by atoms with E-state index in [-0.39, 0.29) is 0 Å². The molecular weight excluding hydrogens is 328 g/mol. The van der Waals surface area contributed by atoms with Crippen molar-refractivity contribution in [1.82, 2.24) is 5.32 Å². The van der Waals surface area contributed by atoms with E-state index in [1.54, 1.807) is 7.11 Å². The molecule has 0 aliphatic carbocycles. The quantitative estimate of drug-likeness (QED) is 0.782. The van der Waals surface area contributed by atoms with Crippen LogP contribution >= 0.6 is 15.9 Å². The van der Waals surface area contributed by atoms with Crippen molar-refractivity contribution >= 4 is 21.6 Å². The summed E-state index contributed by atoms with van der Waals surface area (Å²) < 4.78 is 6.25. The lowest BCUT2D eigenvalue weighted by atomic mass is 10.1. The molecule has 0 spiro atoms. The Hall–Kier alpha value is -0.580. The van der Waals surface area contributed by atoms with Crippen LogP contribution in [-0.4, -0.2) is 33.4 Å². The van der Waals surface area contributed by atoms with Crippen LogP contribution in [0.5, 0.6) is 0 Å². The van der Waals surface area contributed by atoms with Crippen molar-refractivity contribution in [2.75, 3.05) is 38.3 Å². The van der Waals surface area contributed by atoms with Crippen LogP contribution in [0.4, 0.5) is 5.69 Å². The van der Waals surface area contributed by atoms with E-state index in [9.17, 15) is 0 Å². The van der Waals surface area contributed by atoms with Gasteiger partial charge in [0, 0.05) is 43.4 Å². The third-order valence-electron chi connectivity index (χ3n) is 4.04. The molecule has 0 atom stereocenters. The van der Waals surface area contributed by atoms with Gasteiger partial charge in [-0.15, -0.1) is 0 Å². The molecule has 1 aromatic carbocycles. The lowest BCUT2D eigenvalue weighted by Gasteiger charge is -2.29. The molecule has 1 aromatic rings. The number of rotatable bonds is 6. The zero-order valence-corrected chi connectivity index (χ0v) is 14.6. The summed E-state index contributed by atoms with van der Waals surface area (Å²) in [5.41, 5.74) is 2.77. The highest BCUT2D eigenvalue weighted by molar-refractivity contribution is 9.10. The van der Waals surface area contributed by atoms with E-state index in [0.29, 0.717) is 0 Å². The van der Waals surface area contributed by atoms with Gasteiger partial charge in [0.2, 0.25) is 0 Å². The maximum atomic E-state index is 5.10. The standard InChI is InChI=1S/C17H27BrN2O/c1-21-12-9-19-14-15-13-16(18)7-8-17(15)20-10-5-3-2-4-6-11-20/h7-8,13,19H,2-6,9-12,14H2,1H3. The zero-order valence-electron chi connectivity index (χ0n) is 13.0. The Labute approximate surface area is 137 Å². The third-order valence-corrected chi connectivity index (χ3v) is 4.53. The van der Waals surface area contributed by atoms with E-state index in [1.807, 2.05) is 0 Å². The molecular formula is C17H27BrN2O. The van der Waals surface area contributed by atoms with Gasteiger partial charge in [0.25, 0.3) is 0 Å². The van der Waals surface area contributed by atoms with E-state index in [1.165, 1.54) is 56.4 Å². The summed E-state index contributed by atoms with van der Waals surface area (Å²) >= 11 is 3.60. The molecule has 0 bridgehead atoms. The lowest BCUT2D eigenvalue weighted by Crippen LogP contribution is -2.29. The minimum Gasteiger partial charge on any atom is -0.383 e. The number of hydrogen-bond acceptors (Lipinski definition) is 3. The molecule has 0 unspecified atom stereocenters. The molecule has 1 saturated heterocycles. The van der Waals surface area contributed by atoms with Gasteiger partial charge in [-0.2, -0.15) is 0 Å². The molecule has 118 valence electrons. The monoisotopic (exact) mass is 354 g/mol. The maximum absolute atomic E-state index is 5.10. The molecule has 4 heteroatoms. The van der Waals surface area contributed by atoms with Gasteiger partial charge in [-0.05, 0) is 36.6 Å². The second-order valence-corrected chi connectivity index (χ2v) is 6.61. The Bertz CT molecular complexity index is 417. The molecule has 0 saturated carbocycles. The Morgan fingerprint density at radius 2 is 1.86 bits per heavy atom. The summed E-state index contributed by atoms with van der Waals surface area (Å²) in [6, 6.07) is 6.67. The fraction of sp³-hybridized carbons (Fsp3) is 0.647. The molecule has 0 aromatic heterocycles. The van der Waals surface area contributed by atoms with Crippen molar-refractivity contribution in [3.05, 3.63) is 28.2 Å². The van der Waals surface area contributed by atoms with Crippen molar-refractivity contribution in [2.24, 2.45) is 0 Å². The summed E-state index contributed by atoms with van der Waals surface area (Å²) in [5, 5.41) is 3.46. The number of halogens is 1. The van der Waals surface area contributed by atoms with Crippen LogP contribution in [0.3, 0.4) is 0 Å². The highest BCUT2D eigenvalue weighted by Crippen LogP contribution is 2.26. The SMILES string of the molecule is COCCNCc1cc(Br)ccc1N1CCCCCCC1. The van der Waals surface area contributed by atoms with Crippen LogP contribution in [0.2, 0.25) is 0 Å². The van der Waals surface area contributed by atoms with Gasteiger partial charge in [-0.1, -0.05) is 35.2 Å². The number of anilines is 1. The van der Waals surface area contributed by atoms with Crippen LogP contribution in [0.1, 0.15) is 37.7 Å². The molecule has 0 radical (unpaired) electrons. The minimum absolute atomic E-state index is 0.757. The Morgan fingerprint density at radius 1 is 1.14 bits per heavy atom. The van der Waals surface area contributed by atoms with Gasteiger partial charge in [0.05, 0.1) is 6.61 Å². The van der Waals surface area contributed by atoms with Crippen LogP contribution < -0.4 is 10.2 Å². The predicted molar refractivity (Wildman–Crippen MR) is 93.0 cm³/mol. The first-order valence-electron chi connectivity index (χ1n) is 8.04. The number of benzene rings is 1. The van der Waals surface area contributed by atoms with E-state index in [2.05, 4.69) is 44.3 Å². The number of nitrogens with one attached hydrogen (secondary N) is 1. The first kappa shape index (κ1) is 16.8. The van der Waals surface area contributed by atoms with Gasteiger partial charge in [0.1, 0.15) is 0 Å². The van der Waals surface area contributed by atoms with Crippen molar-refractivity contribution in [3.63, 3.8) is 0 Å². The molecule has 1 heterocycles. The number of hydrogen-bond donors (Lipinski definition) is 1. The van der Waals surface area contributed by atoms with E-state index in [4.69, 9.17) is 4.74 Å². The summed E-state index contributed by atoms with van der Waals surface area (Å²) in [4.78, 5) is 2.57. The lowest BCUT2D eigenvalue weighted by molar-refractivity contribution is 0.199. The largest absolute Gasteiger partial charge is 0.383 e. The van der Waals surface area contributed by atoms with Crippen LogP contribution in [-0.2, 0) is 11.3 Å². The molecule has 1 N–H and O–H groups in total. The average Bonchev–Trinajstić information content (AvgIpc) is 2.44. The maximum Gasteiger partial charge on any atom is 0.0587 e. The fourth-order valence-electron chi connectivity index (χ4n) is 2.89.